The molecule has 0 saturated heterocycles. The van der Waals surface area contributed by atoms with E-state index >= 15 is 0 Å². The number of rotatable bonds is 16. The predicted octanol–water partition coefficient (Wildman–Crippen LogP) is 11.3. The highest BCUT2D eigenvalue weighted by atomic mass is 17.2. The molecule has 0 unspecified atom stereocenters. The summed E-state index contributed by atoms with van der Waals surface area (Å²) in [4.78, 5) is 166. The van der Waals surface area contributed by atoms with Gasteiger partial charge in [-0.15, -0.1) is 0 Å². The number of aryl methyl sites for hydroxylation is 1. The zero-order valence-corrected chi connectivity index (χ0v) is 48.0. The van der Waals surface area contributed by atoms with E-state index in [1.54, 1.807) is 149 Å². The van der Waals surface area contributed by atoms with E-state index in [-0.39, 0.29) is 22.3 Å². The topological polar surface area (TPSA) is 271 Å². The van der Waals surface area contributed by atoms with Gasteiger partial charge in [-0.25, -0.2) is 28.8 Å². The van der Waals surface area contributed by atoms with Crippen LogP contribution in [0.3, 0.4) is 0 Å². The van der Waals surface area contributed by atoms with Gasteiger partial charge in [0.05, 0.1) is 45.0 Å². The molecule has 21 heteroatoms. The summed E-state index contributed by atoms with van der Waals surface area (Å²) in [7, 11) is 0. The van der Waals surface area contributed by atoms with Gasteiger partial charge in [-0.1, -0.05) is 29.8 Å². The predicted molar refractivity (Wildman–Crippen MR) is 280 cm³/mol. The van der Waals surface area contributed by atoms with Crippen molar-refractivity contribution in [1.29, 1.82) is 5.26 Å². The Balaban J connectivity index is 0.000000415. The first-order valence-corrected chi connectivity index (χ1v) is 24.5. The summed E-state index contributed by atoms with van der Waals surface area (Å²) in [6, 6.07) is 18.6. The molecule has 21 nitrogen and oxygen atoms in total. The minimum Gasteiger partial charge on any atom is -0.292 e. The van der Waals surface area contributed by atoms with Crippen LogP contribution in [0.1, 0.15) is 230 Å². The molecular weight excluding hydrogens is 1030 g/mol. The Labute approximate surface area is 459 Å². The lowest BCUT2D eigenvalue weighted by Crippen LogP contribution is -2.28. The summed E-state index contributed by atoms with van der Waals surface area (Å²) < 4.78 is 0. The van der Waals surface area contributed by atoms with E-state index in [0.717, 1.165) is 29.8 Å². The van der Waals surface area contributed by atoms with Gasteiger partial charge < -0.3 is 0 Å². The Kier molecular flexibility index (Phi) is 21.8. The molecule has 0 bridgehead atoms. The van der Waals surface area contributed by atoms with Crippen molar-refractivity contribution in [3.05, 3.63) is 140 Å². The molecular formula is C58H69NO20. The Morgan fingerprint density at radius 2 is 0.544 bits per heavy atom. The van der Waals surface area contributed by atoms with E-state index in [2.05, 4.69) is 0 Å². The van der Waals surface area contributed by atoms with Crippen LogP contribution in [0.5, 0.6) is 0 Å². The molecule has 0 saturated carbocycles. The molecule has 0 aliphatic carbocycles. The van der Waals surface area contributed by atoms with Crippen LogP contribution in [0.4, 0.5) is 0 Å². The molecule has 426 valence electrons. The van der Waals surface area contributed by atoms with Crippen LogP contribution >= 0.6 is 0 Å². The third kappa shape index (κ3) is 21.9. The van der Waals surface area contributed by atoms with Crippen LogP contribution in [0, 0.1) is 18.3 Å². The molecule has 0 aromatic heterocycles. The maximum absolute atomic E-state index is 13.4. The lowest BCUT2D eigenvalue weighted by atomic mass is 9.93. The van der Waals surface area contributed by atoms with Crippen LogP contribution in [0.15, 0.2) is 72.8 Å². The van der Waals surface area contributed by atoms with Gasteiger partial charge in [0.25, 0.3) is 0 Å². The number of ketones is 2. The average Bonchev–Trinajstić information content (AvgIpc) is 3.35. The minimum absolute atomic E-state index is 0.0995. The van der Waals surface area contributed by atoms with Gasteiger partial charge in [0.2, 0.25) is 0 Å². The number of carbonyl (C=O) groups excluding carboxylic acids is 8. The minimum atomic E-state index is -1.24. The molecule has 0 heterocycles. The molecule has 79 heavy (non-hydrogen) atoms. The van der Waals surface area contributed by atoms with Crippen molar-refractivity contribution in [1.82, 2.24) is 0 Å². The molecule has 0 aliphatic rings. The van der Waals surface area contributed by atoms with Gasteiger partial charge in [0, 0.05) is 22.3 Å². The smallest absolute Gasteiger partial charge is 0.292 e. The molecule has 0 amide bonds. The van der Waals surface area contributed by atoms with E-state index < -0.39 is 114 Å². The summed E-state index contributed by atoms with van der Waals surface area (Å²) in [5.41, 5.74) is -7.32. The summed E-state index contributed by atoms with van der Waals surface area (Å²) in [5.74, 6) is -8.31. The molecule has 0 aliphatic heterocycles. The molecule has 4 aromatic carbocycles. The van der Waals surface area contributed by atoms with E-state index in [1.807, 2.05) is 13.0 Å². The summed E-state index contributed by atoms with van der Waals surface area (Å²) >= 11 is 0. The van der Waals surface area contributed by atoms with E-state index in [4.69, 9.17) is 63.9 Å². The standard InChI is InChI=1S/C29H33NO10.C29H36O10/c1-27(2,3)38-35-24(32)20-14-19(23(31)18-12-10-17(16-30)11-13-18)15-21(25(33)36-39-28(4,5)6)22(20)26(34)37-40-29(7,8)9;1-17-11-13-18(14-12-17)23(30)19-15-20(24(31)34-37-27(2,3)4)22(26(33)36-39-29(8,9)10)21(16-19)25(32)35-38-28(5,6)7/h10-15H,1-9H3;11-16H,1-10H3. The van der Waals surface area contributed by atoms with Gasteiger partial charge in [-0.2, -0.15) is 34.6 Å². The monoisotopic (exact) mass is 1100 g/mol. The van der Waals surface area contributed by atoms with Gasteiger partial charge in [-0.3, -0.25) is 38.9 Å². The van der Waals surface area contributed by atoms with Gasteiger partial charge in [-0.05, 0) is 180 Å². The second kappa shape index (κ2) is 26.3. The second-order valence-electron chi connectivity index (χ2n) is 23.5. The lowest BCUT2D eigenvalue weighted by Gasteiger charge is -2.21. The highest BCUT2D eigenvalue weighted by Gasteiger charge is 2.36. The first-order chi connectivity index (χ1) is 36.1. The first-order valence-electron chi connectivity index (χ1n) is 24.5. The molecule has 4 aromatic rings. The molecule has 0 spiro atoms. The van der Waals surface area contributed by atoms with Crippen molar-refractivity contribution in [3.63, 3.8) is 0 Å². The fraction of sp³-hybridized carbons (Fsp3) is 0.431. The fourth-order valence-corrected chi connectivity index (χ4v) is 5.60. The Morgan fingerprint density at radius 3 is 0.759 bits per heavy atom. The SMILES string of the molecule is CC(C)(C)OOC(=O)c1cc(C(=O)c2ccc(C#N)cc2)cc(C(=O)OOC(C)(C)C)c1C(=O)OOC(C)(C)C.Cc1ccc(C(=O)c2cc(C(=O)OOC(C)(C)C)c(C(=O)OOC(C)(C)C)c(C(=O)OOC(C)(C)C)c2)cc1. The summed E-state index contributed by atoms with van der Waals surface area (Å²) in [6.45, 7) is 31.1. The second-order valence-corrected chi connectivity index (χ2v) is 23.5. The summed E-state index contributed by atoms with van der Waals surface area (Å²) in [5, 5.41) is 9.06. The first kappa shape index (κ1) is 65.6. The zero-order chi connectivity index (χ0) is 60.2. The summed E-state index contributed by atoms with van der Waals surface area (Å²) in [6.07, 6.45) is 0. The van der Waals surface area contributed by atoms with E-state index in [0.29, 0.717) is 5.56 Å². The van der Waals surface area contributed by atoms with Crippen LogP contribution in [0.25, 0.3) is 0 Å². The molecule has 0 N–H and O–H groups in total. The average molecular weight is 1100 g/mol. The maximum Gasteiger partial charge on any atom is 0.374 e. The van der Waals surface area contributed by atoms with Crippen molar-refractivity contribution >= 4 is 47.4 Å². The van der Waals surface area contributed by atoms with Gasteiger partial charge >= 0.3 is 35.8 Å². The number of nitrogens with zero attached hydrogens (tertiary/aromatic N) is 1. The quantitative estimate of drug-likeness (QED) is 0.0573. The number of hydrogen-bond acceptors (Lipinski definition) is 21. The van der Waals surface area contributed by atoms with Crippen LogP contribution in [-0.4, -0.2) is 81.0 Å². The van der Waals surface area contributed by atoms with Crippen molar-refractivity contribution in [2.75, 3.05) is 0 Å². The zero-order valence-electron chi connectivity index (χ0n) is 48.0. The van der Waals surface area contributed by atoms with Crippen molar-refractivity contribution < 1.29 is 97.0 Å². The largest absolute Gasteiger partial charge is 0.374 e. The van der Waals surface area contributed by atoms with Crippen LogP contribution in [-0.2, 0) is 58.7 Å². The third-order valence-electron chi connectivity index (χ3n) is 8.88. The highest BCUT2D eigenvalue weighted by Crippen LogP contribution is 2.29. The Hall–Kier alpha value is -7.71. The van der Waals surface area contributed by atoms with Gasteiger partial charge in [0.15, 0.2) is 11.6 Å². The van der Waals surface area contributed by atoms with E-state index in [1.165, 1.54) is 24.3 Å². The maximum atomic E-state index is 13.4. The lowest BCUT2D eigenvalue weighted by molar-refractivity contribution is -0.303. The Morgan fingerprint density at radius 1 is 0.329 bits per heavy atom. The molecule has 0 atom stereocenters. The molecule has 0 radical (unpaired) electrons. The van der Waals surface area contributed by atoms with E-state index in [9.17, 15) is 38.4 Å². The number of carbonyl (C=O) groups is 8. The molecule has 4 rings (SSSR count). The number of benzene rings is 4. The number of hydrogen-bond donors (Lipinski definition) is 0. The highest BCUT2D eigenvalue weighted by molar-refractivity contribution is 6.17. The third-order valence-corrected chi connectivity index (χ3v) is 8.88. The van der Waals surface area contributed by atoms with Crippen LogP contribution < -0.4 is 0 Å². The van der Waals surface area contributed by atoms with Crippen molar-refractivity contribution in [2.45, 2.75) is 165 Å². The van der Waals surface area contributed by atoms with Crippen LogP contribution in [0.2, 0.25) is 0 Å². The van der Waals surface area contributed by atoms with Gasteiger partial charge in [0.1, 0.15) is 33.6 Å². The fourth-order valence-electron chi connectivity index (χ4n) is 5.60. The molecule has 0 fully saturated rings. The van der Waals surface area contributed by atoms with Crippen molar-refractivity contribution in [3.8, 4) is 6.07 Å². The van der Waals surface area contributed by atoms with Crippen molar-refractivity contribution in [2.24, 2.45) is 0 Å². The number of nitriles is 1. The Bertz CT molecular complexity index is 2840. The normalized spacial score (nSPS) is 11.9.